The largest absolute Gasteiger partial charge is 0.392 e. The molecular weight excluding hydrogens is 238 g/mol. The maximum Gasteiger partial charge on any atom is 0.228 e. The number of benzene rings is 1. The van der Waals surface area contributed by atoms with Crippen LogP contribution in [0, 0.1) is 23.7 Å². The van der Waals surface area contributed by atoms with Crippen molar-refractivity contribution in [2.75, 3.05) is 5.32 Å². The number of aryl methyl sites for hydroxylation is 1. The van der Waals surface area contributed by atoms with Crippen LogP contribution in [0.15, 0.2) is 18.2 Å². The van der Waals surface area contributed by atoms with Crippen LogP contribution in [0.5, 0.6) is 0 Å². The fourth-order valence-electron chi connectivity index (χ4n) is 2.96. The van der Waals surface area contributed by atoms with E-state index >= 15 is 0 Å². The minimum Gasteiger partial charge on any atom is -0.392 e. The summed E-state index contributed by atoms with van der Waals surface area (Å²) in [5, 5.41) is 12.2. The Hall–Kier alpha value is -1.35. The highest BCUT2D eigenvalue weighted by atomic mass is 16.3. The van der Waals surface area contributed by atoms with E-state index in [0.717, 1.165) is 16.8 Å². The highest BCUT2D eigenvalue weighted by molar-refractivity contribution is 5.96. The van der Waals surface area contributed by atoms with Crippen molar-refractivity contribution in [3.63, 3.8) is 0 Å². The molecule has 19 heavy (non-hydrogen) atoms. The molecule has 0 radical (unpaired) electrons. The molecule has 104 valence electrons. The second-order valence-corrected chi connectivity index (χ2v) is 6.67. The molecule has 2 N–H and O–H groups in total. The second kappa shape index (κ2) is 4.34. The zero-order chi connectivity index (χ0) is 14.4. The van der Waals surface area contributed by atoms with Gasteiger partial charge in [0.1, 0.15) is 0 Å². The standard InChI is InChI=1S/C16H23NO2/c1-10-6-7-11(9-18)8-12(10)17-14(19)13-15(2,3)16(13,4)5/h6-8,13,18H,9H2,1-5H3,(H,17,19). The van der Waals surface area contributed by atoms with Crippen molar-refractivity contribution < 1.29 is 9.90 Å². The van der Waals surface area contributed by atoms with E-state index in [9.17, 15) is 4.79 Å². The summed E-state index contributed by atoms with van der Waals surface area (Å²) >= 11 is 0. The number of carbonyl (C=O) groups is 1. The Labute approximate surface area is 115 Å². The van der Waals surface area contributed by atoms with Gasteiger partial charge >= 0.3 is 0 Å². The zero-order valence-electron chi connectivity index (χ0n) is 12.4. The van der Waals surface area contributed by atoms with Gasteiger partial charge in [-0.3, -0.25) is 4.79 Å². The average Bonchev–Trinajstić information content (AvgIpc) is 2.72. The van der Waals surface area contributed by atoms with Crippen LogP contribution >= 0.6 is 0 Å². The van der Waals surface area contributed by atoms with Gasteiger partial charge in [0, 0.05) is 11.6 Å². The van der Waals surface area contributed by atoms with Gasteiger partial charge < -0.3 is 10.4 Å². The van der Waals surface area contributed by atoms with Gasteiger partial charge in [-0.1, -0.05) is 39.8 Å². The van der Waals surface area contributed by atoms with Gasteiger partial charge in [0.15, 0.2) is 0 Å². The Kier molecular flexibility index (Phi) is 3.21. The number of amides is 1. The molecule has 1 amide bonds. The minimum atomic E-state index is -0.0104. The Bertz CT molecular complexity index is 503. The first-order valence-electron chi connectivity index (χ1n) is 6.73. The quantitative estimate of drug-likeness (QED) is 0.878. The highest BCUT2D eigenvalue weighted by Gasteiger charge is 2.68. The topological polar surface area (TPSA) is 49.3 Å². The average molecular weight is 261 g/mol. The molecule has 3 heteroatoms. The lowest BCUT2D eigenvalue weighted by atomic mass is 10.0. The first kappa shape index (κ1) is 14.1. The van der Waals surface area contributed by atoms with E-state index in [0.29, 0.717) is 0 Å². The number of aliphatic hydroxyl groups is 1. The number of hydrogen-bond acceptors (Lipinski definition) is 2. The normalized spacial score (nSPS) is 20.1. The van der Waals surface area contributed by atoms with Crippen LogP contribution in [0.3, 0.4) is 0 Å². The van der Waals surface area contributed by atoms with Crippen LogP contribution in [0.4, 0.5) is 5.69 Å². The first-order chi connectivity index (χ1) is 8.71. The highest BCUT2D eigenvalue weighted by Crippen LogP contribution is 2.68. The van der Waals surface area contributed by atoms with Crippen molar-refractivity contribution in [3.8, 4) is 0 Å². The van der Waals surface area contributed by atoms with Gasteiger partial charge in [-0.25, -0.2) is 0 Å². The van der Waals surface area contributed by atoms with Crippen LogP contribution < -0.4 is 5.32 Å². The van der Waals surface area contributed by atoms with E-state index in [4.69, 9.17) is 5.11 Å². The van der Waals surface area contributed by atoms with Crippen molar-refractivity contribution in [2.45, 2.75) is 41.2 Å². The molecule has 0 atom stereocenters. The molecule has 0 heterocycles. The molecule has 1 aliphatic rings. The van der Waals surface area contributed by atoms with Crippen LogP contribution in [0.25, 0.3) is 0 Å². The van der Waals surface area contributed by atoms with E-state index in [1.54, 1.807) is 0 Å². The number of aliphatic hydroxyl groups excluding tert-OH is 1. The summed E-state index contributed by atoms with van der Waals surface area (Å²) < 4.78 is 0. The summed E-state index contributed by atoms with van der Waals surface area (Å²) in [5.74, 6) is 0.116. The molecule has 0 bridgehead atoms. The van der Waals surface area contributed by atoms with Gasteiger partial charge in [-0.2, -0.15) is 0 Å². The van der Waals surface area contributed by atoms with Gasteiger partial charge in [0.25, 0.3) is 0 Å². The summed E-state index contributed by atoms with van der Waals surface area (Å²) in [6.45, 7) is 10.5. The molecular formula is C16H23NO2. The maximum atomic E-state index is 12.4. The number of nitrogens with one attached hydrogen (secondary N) is 1. The third-order valence-electron chi connectivity index (χ3n) is 5.03. The Morgan fingerprint density at radius 1 is 1.26 bits per heavy atom. The van der Waals surface area contributed by atoms with Gasteiger partial charge in [-0.05, 0) is 34.9 Å². The number of hydrogen-bond donors (Lipinski definition) is 2. The summed E-state index contributed by atoms with van der Waals surface area (Å²) in [7, 11) is 0. The predicted molar refractivity (Wildman–Crippen MR) is 76.8 cm³/mol. The van der Waals surface area contributed by atoms with Crippen molar-refractivity contribution >= 4 is 11.6 Å². The van der Waals surface area contributed by atoms with E-state index in [1.807, 2.05) is 25.1 Å². The van der Waals surface area contributed by atoms with Crippen molar-refractivity contribution in [2.24, 2.45) is 16.7 Å². The second-order valence-electron chi connectivity index (χ2n) is 6.67. The molecule has 1 saturated carbocycles. The van der Waals surface area contributed by atoms with Crippen LogP contribution in [0.1, 0.15) is 38.8 Å². The molecule has 0 unspecified atom stereocenters. The first-order valence-corrected chi connectivity index (χ1v) is 6.73. The number of carbonyl (C=O) groups excluding carboxylic acids is 1. The monoisotopic (exact) mass is 261 g/mol. The van der Waals surface area contributed by atoms with Crippen molar-refractivity contribution in [1.29, 1.82) is 0 Å². The molecule has 0 aromatic heterocycles. The van der Waals surface area contributed by atoms with Crippen LogP contribution in [-0.2, 0) is 11.4 Å². The summed E-state index contributed by atoms with van der Waals surface area (Å²) in [4.78, 5) is 12.4. The predicted octanol–water partition coefficient (Wildman–Crippen LogP) is 3.11. The lowest BCUT2D eigenvalue weighted by Crippen LogP contribution is -2.18. The summed E-state index contributed by atoms with van der Waals surface area (Å²) in [6, 6.07) is 5.63. The molecule has 1 fully saturated rings. The lowest BCUT2D eigenvalue weighted by molar-refractivity contribution is -0.118. The fourth-order valence-corrected chi connectivity index (χ4v) is 2.96. The molecule has 1 aromatic carbocycles. The molecule has 0 saturated heterocycles. The molecule has 3 nitrogen and oxygen atoms in total. The van der Waals surface area contributed by atoms with Crippen LogP contribution in [0.2, 0.25) is 0 Å². The lowest BCUT2D eigenvalue weighted by Gasteiger charge is -2.11. The Morgan fingerprint density at radius 2 is 1.84 bits per heavy atom. The molecule has 0 spiro atoms. The Balaban J connectivity index is 2.17. The molecule has 0 aliphatic heterocycles. The fraction of sp³-hybridized carbons (Fsp3) is 0.562. The van der Waals surface area contributed by atoms with E-state index in [1.165, 1.54) is 0 Å². The molecule has 2 rings (SSSR count). The van der Waals surface area contributed by atoms with E-state index in [2.05, 4.69) is 33.0 Å². The minimum absolute atomic E-state index is 0.0104. The van der Waals surface area contributed by atoms with Gasteiger partial charge in [-0.15, -0.1) is 0 Å². The van der Waals surface area contributed by atoms with Crippen molar-refractivity contribution in [3.05, 3.63) is 29.3 Å². The third-order valence-corrected chi connectivity index (χ3v) is 5.03. The maximum absolute atomic E-state index is 12.4. The van der Waals surface area contributed by atoms with Crippen LogP contribution in [-0.4, -0.2) is 11.0 Å². The van der Waals surface area contributed by atoms with Crippen molar-refractivity contribution in [1.82, 2.24) is 0 Å². The van der Waals surface area contributed by atoms with E-state index in [-0.39, 0.29) is 29.3 Å². The number of rotatable bonds is 3. The van der Waals surface area contributed by atoms with E-state index < -0.39 is 0 Å². The zero-order valence-corrected chi connectivity index (χ0v) is 12.4. The smallest absolute Gasteiger partial charge is 0.228 e. The summed E-state index contributed by atoms with van der Waals surface area (Å²) in [5.41, 5.74) is 2.71. The SMILES string of the molecule is Cc1ccc(CO)cc1NC(=O)C1C(C)(C)C1(C)C. The molecule has 1 aromatic rings. The van der Waals surface area contributed by atoms with Gasteiger partial charge in [0.2, 0.25) is 5.91 Å². The number of anilines is 1. The summed E-state index contributed by atoms with van der Waals surface area (Å²) in [6.07, 6.45) is 0. The third kappa shape index (κ3) is 2.16. The molecule has 1 aliphatic carbocycles. The Morgan fingerprint density at radius 3 is 2.32 bits per heavy atom. The van der Waals surface area contributed by atoms with Gasteiger partial charge in [0.05, 0.1) is 6.61 Å².